The minimum atomic E-state index is 0.0587. The second-order valence-corrected chi connectivity index (χ2v) is 6.13. The summed E-state index contributed by atoms with van der Waals surface area (Å²) in [4.78, 5) is 25.6. The van der Waals surface area contributed by atoms with Crippen molar-refractivity contribution in [1.82, 2.24) is 25.2 Å². The molecule has 2 aromatic heterocycles. The molecule has 2 heterocycles. The van der Waals surface area contributed by atoms with E-state index < -0.39 is 0 Å². The van der Waals surface area contributed by atoms with E-state index in [-0.39, 0.29) is 5.91 Å². The molecule has 2 N–H and O–H groups in total. The number of nitrogens with one attached hydrogen (secondary N) is 2. The molecule has 0 unspecified atom stereocenters. The van der Waals surface area contributed by atoms with Gasteiger partial charge in [-0.05, 0) is 49.1 Å². The van der Waals surface area contributed by atoms with Crippen LogP contribution in [0.4, 0.5) is 0 Å². The summed E-state index contributed by atoms with van der Waals surface area (Å²) in [6.45, 7) is 1.69. The normalized spacial score (nSPS) is 11.2. The van der Waals surface area contributed by atoms with Crippen molar-refractivity contribution in [1.29, 1.82) is 0 Å². The van der Waals surface area contributed by atoms with Crippen LogP contribution in [-0.2, 0) is 11.2 Å². The van der Waals surface area contributed by atoms with E-state index in [0.29, 0.717) is 25.0 Å². The number of H-pyrrole nitrogens is 1. The number of hydrogen-bond donors (Lipinski definition) is 2. The fourth-order valence-electron chi connectivity index (χ4n) is 1.99. The Morgan fingerprint density at radius 2 is 2.29 bits per heavy atom. The smallest absolute Gasteiger partial charge is 0.220 e. The third-order valence-electron chi connectivity index (χ3n) is 3.05. The van der Waals surface area contributed by atoms with Crippen molar-refractivity contribution >= 4 is 33.0 Å². The van der Waals surface area contributed by atoms with Gasteiger partial charge in [0.25, 0.3) is 0 Å². The third kappa shape index (κ3) is 5.09. The first-order valence-electron chi connectivity index (χ1n) is 6.96. The third-order valence-corrected chi connectivity index (χ3v) is 3.48. The van der Waals surface area contributed by atoms with Crippen molar-refractivity contribution in [2.45, 2.75) is 19.3 Å². The molecule has 2 aromatic rings. The Kier molecular flexibility index (Phi) is 5.69. The van der Waals surface area contributed by atoms with E-state index in [1.54, 1.807) is 6.20 Å². The van der Waals surface area contributed by atoms with Crippen molar-refractivity contribution in [3.63, 3.8) is 0 Å². The Hall–Kier alpha value is -1.47. The van der Waals surface area contributed by atoms with Gasteiger partial charge in [-0.3, -0.25) is 4.79 Å². The van der Waals surface area contributed by atoms with E-state index in [4.69, 9.17) is 0 Å². The monoisotopic (exact) mass is 353 g/mol. The van der Waals surface area contributed by atoms with Crippen LogP contribution in [0.2, 0.25) is 0 Å². The SMILES string of the molecule is CN(C)CCCNC(=O)CCc1nc2ncc(Br)cc2[nH]1. The average molecular weight is 354 g/mol. The highest BCUT2D eigenvalue weighted by Gasteiger charge is 2.07. The number of pyridine rings is 1. The zero-order valence-corrected chi connectivity index (χ0v) is 13.9. The van der Waals surface area contributed by atoms with Gasteiger partial charge in [0.15, 0.2) is 5.65 Å². The van der Waals surface area contributed by atoms with E-state index in [0.717, 1.165) is 28.8 Å². The van der Waals surface area contributed by atoms with Gasteiger partial charge in [-0.25, -0.2) is 9.97 Å². The van der Waals surface area contributed by atoms with Crippen molar-refractivity contribution in [2.24, 2.45) is 0 Å². The average Bonchev–Trinajstić information content (AvgIpc) is 2.83. The molecule has 0 aliphatic heterocycles. The molecule has 0 saturated carbocycles. The molecule has 0 saturated heterocycles. The molecule has 6 nitrogen and oxygen atoms in total. The first-order chi connectivity index (χ1) is 10.0. The molecular formula is C14H20BrN5O. The minimum absolute atomic E-state index is 0.0587. The van der Waals surface area contributed by atoms with Gasteiger partial charge in [-0.2, -0.15) is 0 Å². The standard InChI is InChI=1S/C14H20BrN5O/c1-20(2)7-3-6-16-13(21)5-4-12-18-11-8-10(15)9-17-14(11)19-12/h8-9H,3-7H2,1-2H3,(H,16,21)(H,17,18,19). The summed E-state index contributed by atoms with van der Waals surface area (Å²) in [5.74, 6) is 0.849. The van der Waals surface area contributed by atoms with Crippen LogP contribution < -0.4 is 5.32 Å². The second-order valence-electron chi connectivity index (χ2n) is 5.21. The lowest BCUT2D eigenvalue weighted by atomic mass is 10.3. The topological polar surface area (TPSA) is 73.9 Å². The number of carbonyl (C=O) groups is 1. The van der Waals surface area contributed by atoms with Crippen molar-refractivity contribution in [2.75, 3.05) is 27.2 Å². The number of hydrogen-bond acceptors (Lipinski definition) is 4. The first kappa shape index (κ1) is 15.9. The number of imidazole rings is 1. The van der Waals surface area contributed by atoms with E-state index >= 15 is 0 Å². The van der Waals surface area contributed by atoms with Gasteiger partial charge in [-0.1, -0.05) is 0 Å². The highest BCUT2D eigenvalue weighted by molar-refractivity contribution is 9.10. The summed E-state index contributed by atoms with van der Waals surface area (Å²) in [6.07, 6.45) is 3.70. The number of aryl methyl sites for hydroxylation is 1. The quantitative estimate of drug-likeness (QED) is 0.743. The second kappa shape index (κ2) is 7.51. The highest BCUT2D eigenvalue weighted by atomic mass is 79.9. The summed E-state index contributed by atoms with van der Waals surface area (Å²) in [5, 5.41) is 2.92. The summed E-state index contributed by atoms with van der Waals surface area (Å²) in [6, 6.07) is 1.93. The van der Waals surface area contributed by atoms with Crippen LogP contribution in [0.15, 0.2) is 16.7 Å². The number of aromatic nitrogens is 3. The van der Waals surface area contributed by atoms with Crippen molar-refractivity contribution in [3.8, 4) is 0 Å². The molecule has 0 radical (unpaired) electrons. The van der Waals surface area contributed by atoms with Crippen LogP contribution in [0, 0.1) is 0 Å². The number of fused-ring (bicyclic) bond motifs is 1. The van der Waals surface area contributed by atoms with E-state index in [1.165, 1.54) is 0 Å². The van der Waals surface area contributed by atoms with Crippen LogP contribution in [0.5, 0.6) is 0 Å². The van der Waals surface area contributed by atoms with Gasteiger partial charge in [0, 0.05) is 30.1 Å². The lowest BCUT2D eigenvalue weighted by Crippen LogP contribution is -2.27. The molecule has 0 atom stereocenters. The van der Waals surface area contributed by atoms with Crippen LogP contribution in [0.1, 0.15) is 18.7 Å². The van der Waals surface area contributed by atoms with Gasteiger partial charge in [0.2, 0.25) is 5.91 Å². The first-order valence-corrected chi connectivity index (χ1v) is 7.75. The Labute approximate surface area is 132 Å². The van der Waals surface area contributed by atoms with Gasteiger partial charge in [-0.15, -0.1) is 0 Å². The number of aromatic amines is 1. The lowest BCUT2D eigenvalue weighted by Gasteiger charge is -2.09. The Morgan fingerprint density at radius 1 is 1.48 bits per heavy atom. The van der Waals surface area contributed by atoms with Gasteiger partial charge >= 0.3 is 0 Å². The summed E-state index contributed by atoms with van der Waals surface area (Å²) in [5.41, 5.74) is 1.56. The largest absolute Gasteiger partial charge is 0.356 e. The maximum Gasteiger partial charge on any atom is 0.220 e. The number of rotatable bonds is 7. The lowest BCUT2D eigenvalue weighted by molar-refractivity contribution is -0.121. The number of carbonyl (C=O) groups excluding carboxylic acids is 1. The van der Waals surface area contributed by atoms with Crippen LogP contribution in [-0.4, -0.2) is 52.9 Å². The summed E-state index contributed by atoms with van der Waals surface area (Å²) < 4.78 is 0.906. The molecule has 7 heteroatoms. The van der Waals surface area contributed by atoms with Gasteiger partial charge in [0.05, 0.1) is 5.52 Å². The maximum absolute atomic E-state index is 11.7. The summed E-state index contributed by atoms with van der Waals surface area (Å²) >= 11 is 3.37. The molecular weight excluding hydrogens is 334 g/mol. The molecule has 21 heavy (non-hydrogen) atoms. The molecule has 0 spiro atoms. The van der Waals surface area contributed by atoms with E-state index in [1.807, 2.05) is 20.2 Å². The van der Waals surface area contributed by atoms with Crippen molar-refractivity contribution < 1.29 is 4.79 Å². The Morgan fingerprint density at radius 3 is 3.05 bits per heavy atom. The van der Waals surface area contributed by atoms with Gasteiger partial charge in [0.1, 0.15) is 5.82 Å². The predicted molar refractivity (Wildman–Crippen MR) is 86.1 cm³/mol. The fourth-order valence-corrected chi connectivity index (χ4v) is 2.32. The van der Waals surface area contributed by atoms with Crippen LogP contribution in [0.25, 0.3) is 11.2 Å². The molecule has 0 fully saturated rings. The zero-order valence-electron chi connectivity index (χ0n) is 12.3. The minimum Gasteiger partial charge on any atom is -0.356 e. The molecule has 0 aromatic carbocycles. The molecule has 114 valence electrons. The molecule has 2 rings (SSSR count). The molecule has 0 aliphatic carbocycles. The van der Waals surface area contributed by atoms with Crippen LogP contribution >= 0.6 is 15.9 Å². The van der Waals surface area contributed by atoms with E-state index in [2.05, 4.69) is 41.1 Å². The molecule has 1 amide bonds. The Balaban J connectivity index is 1.77. The Bertz CT molecular complexity index is 610. The summed E-state index contributed by atoms with van der Waals surface area (Å²) in [7, 11) is 4.05. The number of halogens is 1. The highest BCUT2D eigenvalue weighted by Crippen LogP contribution is 2.15. The van der Waals surface area contributed by atoms with Crippen molar-refractivity contribution in [3.05, 3.63) is 22.6 Å². The predicted octanol–water partition coefficient (Wildman–Crippen LogP) is 1.72. The molecule has 0 bridgehead atoms. The number of nitrogens with zero attached hydrogens (tertiary/aromatic N) is 3. The van der Waals surface area contributed by atoms with Crippen LogP contribution in [0.3, 0.4) is 0 Å². The zero-order chi connectivity index (χ0) is 15.2. The number of amides is 1. The van der Waals surface area contributed by atoms with E-state index in [9.17, 15) is 4.79 Å². The maximum atomic E-state index is 11.7. The fraction of sp³-hybridized carbons (Fsp3) is 0.500. The molecule has 0 aliphatic rings. The van der Waals surface area contributed by atoms with Gasteiger partial charge < -0.3 is 15.2 Å².